The van der Waals surface area contributed by atoms with E-state index in [0.717, 1.165) is 15.5 Å². The highest BCUT2D eigenvalue weighted by Crippen LogP contribution is 2.31. The van der Waals surface area contributed by atoms with Crippen molar-refractivity contribution in [3.63, 3.8) is 0 Å². The first-order valence-corrected chi connectivity index (χ1v) is 10.3. The van der Waals surface area contributed by atoms with E-state index < -0.39 is 0 Å². The maximum Gasteiger partial charge on any atom is 0.230 e. The molecule has 6 nitrogen and oxygen atoms in total. The molecule has 0 saturated heterocycles. The van der Waals surface area contributed by atoms with Gasteiger partial charge in [0.2, 0.25) is 11.8 Å². The van der Waals surface area contributed by atoms with Crippen LogP contribution >= 0.6 is 23.1 Å². The van der Waals surface area contributed by atoms with Gasteiger partial charge < -0.3 is 15.5 Å². The molecule has 0 fully saturated rings. The zero-order valence-corrected chi connectivity index (χ0v) is 17.1. The molecule has 0 unspecified atom stereocenters. The summed E-state index contributed by atoms with van der Waals surface area (Å²) in [4.78, 5) is 20.7. The van der Waals surface area contributed by atoms with Crippen LogP contribution in [0.15, 0.2) is 45.3 Å². The number of carbonyl (C=O) groups excluding carboxylic acids is 1. The van der Waals surface area contributed by atoms with Gasteiger partial charge in [-0.1, -0.05) is 44.2 Å². The van der Waals surface area contributed by atoms with Crippen molar-refractivity contribution in [2.24, 2.45) is 0 Å². The summed E-state index contributed by atoms with van der Waals surface area (Å²) in [6.45, 7) is 6.27. The normalized spacial score (nSPS) is 11.5. The predicted molar refractivity (Wildman–Crippen MR) is 110 cm³/mol. The van der Waals surface area contributed by atoms with Gasteiger partial charge in [-0.2, -0.15) is 0 Å². The van der Waals surface area contributed by atoms with Crippen LogP contribution < -0.4 is 11.1 Å². The van der Waals surface area contributed by atoms with Crippen LogP contribution in [0.4, 0.5) is 10.8 Å². The monoisotopic (exact) mass is 402 g/mol. The Hall–Kier alpha value is -2.32. The van der Waals surface area contributed by atoms with E-state index >= 15 is 0 Å². The number of nitrogens with zero attached hydrogens (tertiary/aromatic N) is 2. The number of aromatic nitrogens is 2. The van der Waals surface area contributed by atoms with Crippen molar-refractivity contribution in [3.8, 4) is 0 Å². The smallest absolute Gasteiger partial charge is 0.230 e. The molecule has 3 N–H and O–H groups in total. The number of nitrogen functional groups attached to an aromatic ring is 1. The molecule has 0 aliphatic heterocycles. The zero-order valence-electron chi connectivity index (χ0n) is 15.5. The lowest BCUT2D eigenvalue weighted by molar-refractivity contribution is -0.115. The number of thioether (sulfide) groups is 1. The highest BCUT2D eigenvalue weighted by molar-refractivity contribution is 8.00. The van der Waals surface area contributed by atoms with E-state index in [4.69, 9.17) is 10.2 Å². The number of hydrogen-bond donors (Lipinski definition) is 2. The molecule has 3 aromatic rings. The highest BCUT2D eigenvalue weighted by Gasteiger charge is 2.19. The van der Waals surface area contributed by atoms with Crippen LogP contribution in [-0.2, 0) is 22.4 Å². The van der Waals surface area contributed by atoms with Gasteiger partial charge in [-0.15, -0.1) is 11.8 Å². The van der Waals surface area contributed by atoms with E-state index in [-0.39, 0.29) is 17.7 Å². The van der Waals surface area contributed by atoms with Gasteiger partial charge in [0.15, 0.2) is 5.13 Å². The fourth-order valence-electron chi connectivity index (χ4n) is 2.29. The molecule has 0 atom stereocenters. The summed E-state index contributed by atoms with van der Waals surface area (Å²) in [6, 6.07) is 7.31. The summed E-state index contributed by atoms with van der Waals surface area (Å²) in [7, 11) is 0. The van der Waals surface area contributed by atoms with Crippen LogP contribution in [0.5, 0.6) is 0 Å². The van der Waals surface area contributed by atoms with Crippen molar-refractivity contribution >= 4 is 39.8 Å². The summed E-state index contributed by atoms with van der Waals surface area (Å²) < 4.78 is 6.78. The number of benzene rings is 1. The van der Waals surface area contributed by atoms with Crippen LogP contribution in [0.25, 0.3) is 0 Å². The SMILES string of the molecule is CC(C)(C)c1cnc(CSc2cnc(NC(=O)Cc3cccc(N)c3)s2)o1. The Morgan fingerprint density at radius 1 is 1.30 bits per heavy atom. The number of rotatable bonds is 6. The van der Waals surface area contributed by atoms with Crippen molar-refractivity contribution in [1.29, 1.82) is 0 Å². The Balaban J connectivity index is 1.52. The highest BCUT2D eigenvalue weighted by atomic mass is 32.2. The van der Waals surface area contributed by atoms with E-state index in [1.807, 2.05) is 12.1 Å². The molecule has 0 aliphatic rings. The van der Waals surface area contributed by atoms with Gasteiger partial charge in [-0.05, 0) is 17.7 Å². The Morgan fingerprint density at radius 3 is 2.81 bits per heavy atom. The lowest BCUT2D eigenvalue weighted by Crippen LogP contribution is -2.14. The summed E-state index contributed by atoms with van der Waals surface area (Å²) in [5.41, 5.74) is 7.20. The second kappa shape index (κ2) is 8.14. The minimum atomic E-state index is -0.117. The average molecular weight is 403 g/mol. The molecule has 0 spiro atoms. The molecule has 8 heteroatoms. The first-order chi connectivity index (χ1) is 12.8. The van der Waals surface area contributed by atoms with E-state index in [1.54, 1.807) is 36.3 Å². The average Bonchev–Trinajstić information content (AvgIpc) is 3.21. The Morgan fingerprint density at radius 2 is 2.11 bits per heavy atom. The maximum atomic E-state index is 12.2. The number of thiazole rings is 1. The Kier molecular flexibility index (Phi) is 5.86. The summed E-state index contributed by atoms with van der Waals surface area (Å²) in [5, 5.41) is 3.41. The molecule has 1 amide bonds. The summed E-state index contributed by atoms with van der Waals surface area (Å²) in [6.07, 6.45) is 3.79. The molecule has 2 heterocycles. The minimum Gasteiger partial charge on any atom is -0.444 e. The maximum absolute atomic E-state index is 12.2. The van der Waals surface area contributed by atoms with Crippen LogP contribution in [0, 0.1) is 0 Å². The third-order valence-electron chi connectivity index (χ3n) is 3.68. The number of carbonyl (C=O) groups is 1. The van der Waals surface area contributed by atoms with E-state index in [9.17, 15) is 4.79 Å². The quantitative estimate of drug-likeness (QED) is 0.466. The Labute approximate surface area is 166 Å². The fraction of sp³-hybridized carbons (Fsp3) is 0.316. The number of anilines is 2. The molecule has 3 rings (SSSR count). The number of oxazole rings is 1. The summed E-state index contributed by atoms with van der Waals surface area (Å²) in [5.74, 6) is 2.06. The van der Waals surface area contributed by atoms with Crippen LogP contribution in [-0.4, -0.2) is 15.9 Å². The van der Waals surface area contributed by atoms with Crippen molar-refractivity contribution in [3.05, 3.63) is 53.9 Å². The van der Waals surface area contributed by atoms with Gasteiger partial charge in [0.05, 0.1) is 28.8 Å². The lowest BCUT2D eigenvalue weighted by Gasteiger charge is -2.12. The first kappa shape index (κ1) is 19.4. The molecule has 0 saturated carbocycles. The number of nitrogens with two attached hydrogens (primary N) is 1. The molecular formula is C19H22N4O2S2. The van der Waals surface area contributed by atoms with E-state index in [0.29, 0.717) is 22.5 Å². The van der Waals surface area contributed by atoms with Crippen molar-refractivity contribution < 1.29 is 9.21 Å². The minimum absolute atomic E-state index is 0.0543. The van der Waals surface area contributed by atoms with Crippen molar-refractivity contribution in [2.45, 2.75) is 42.6 Å². The molecule has 0 aliphatic carbocycles. The van der Waals surface area contributed by atoms with E-state index in [2.05, 4.69) is 36.1 Å². The largest absolute Gasteiger partial charge is 0.444 e. The predicted octanol–water partition coefficient (Wildman–Crippen LogP) is 4.48. The second-order valence-electron chi connectivity index (χ2n) is 7.11. The van der Waals surface area contributed by atoms with Gasteiger partial charge in [-0.25, -0.2) is 9.97 Å². The Bertz CT molecular complexity index is 928. The fourth-order valence-corrected chi connectivity index (χ4v) is 4.03. The van der Waals surface area contributed by atoms with Gasteiger partial charge in [0.25, 0.3) is 0 Å². The molecule has 2 aromatic heterocycles. The molecule has 0 radical (unpaired) electrons. The number of amides is 1. The number of nitrogens with one attached hydrogen (secondary N) is 1. The molecule has 142 valence electrons. The molecule has 27 heavy (non-hydrogen) atoms. The van der Waals surface area contributed by atoms with Crippen molar-refractivity contribution in [2.75, 3.05) is 11.1 Å². The summed E-state index contributed by atoms with van der Waals surface area (Å²) >= 11 is 3.02. The standard InChI is InChI=1S/C19H22N4O2S2/c1-19(2,3)14-9-21-16(25-14)11-26-17-10-22-18(27-17)23-15(24)8-12-5-4-6-13(20)7-12/h4-7,9-10H,8,11,20H2,1-3H3,(H,22,23,24). The van der Waals surface area contributed by atoms with Crippen LogP contribution in [0.1, 0.15) is 38.0 Å². The van der Waals surface area contributed by atoms with Gasteiger partial charge >= 0.3 is 0 Å². The van der Waals surface area contributed by atoms with Crippen molar-refractivity contribution in [1.82, 2.24) is 9.97 Å². The third kappa shape index (κ3) is 5.58. The molecule has 0 bridgehead atoms. The van der Waals surface area contributed by atoms with Gasteiger partial charge in [-0.3, -0.25) is 4.79 Å². The van der Waals surface area contributed by atoms with Gasteiger partial charge in [0, 0.05) is 11.1 Å². The zero-order chi connectivity index (χ0) is 19.4. The number of hydrogen-bond acceptors (Lipinski definition) is 7. The molecular weight excluding hydrogens is 380 g/mol. The van der Waals surface area contributed by atoms with E-state index in [1.165, 1.54) is 11.3 Å². The van der Waals surface area contributed by atoms with Crippen LogP contribution in [0.2, 0.25) is 0 Å². The third-order valence-corrected chi connectivity index (χ3v) is 5.77. The topological polar surface area (TPSA) is 94.0 Å². The lowest BCUT2D eigenvalue weighted by atomic mass is 9.94. The van der Waals surface area contributed by atoms with Crippen LogP contribution in [0.3, 0.4) is 0 Å². The molecule has 1 aromatic carbocycles. The second-order valence-corrected chi connectivity index (χ2v) is 9.42. The first-order valence-electron chi connectivity index (χ1n) is 8.48. The van der Waals surface area contributed by atoms with Gasteiger partial charge in [0.1, 0.15) is 5.76 Å².